The molecule has 0 aromatic heterocycles. The Kier molecular flexibility index (Phi) is 3.54. The normalized spacial score (nSPS) is 21.5. The van der Waals surface area contributed by atoms with Crippen molar-refractivity contribution in [2.75, 3.05) is 18.8 Å². The van der Waals surface area contributed by atoms with Gasteiger partial charge in [0.05, 0.1) is 0 Å². The van der Waals surface area contributed by atoms with Crippen LogP contribution in [0.3, 0.4) is 0 Å². The molecule has 1 aliphatic heterocycles. The minimum atomic E-state index is 0.767. The molecule has 0 radical (unpaired) electrons. The second kappa shape index (κ2) is 4.90. The Morgan fingerprint density at radius 3 is 3.00 bits per heavy atom. The van der Waals surface area contributed by atoms with Gasteiger partial charge in [0.1, 0.15) is 0 Å². The highest BCUT2D eigenvalue weighted by Gasteiger charge is 2.13. The lowest BCUT2D eigenvalue weighted by molar-refractivity contribution is 0.376. The molecule has 0 saturated carbocycles. The number of benzene rings is 1. The van der Waals surface area contributed by atoms with Crippen molar-refractivity contribution in [3.8, 4) is 0 Å². The number of hydrogen-bond acceptors (Lipinski definition) is 3. The summed E-state index contributed by atoms with van der Waals surface area (Å²) < 4.78 is 0. The summed E-state index contributed by atoms with van der Waals surface area (Å²) in [7, 11) is 0. The fourth-order valence-electron chi connectivity index (χ4n) is 2.15. The Hall–Kier alpha value is -0.670. The fraction of sp³-hybridized carbons (Fsp3) is 0.500. The van der Waals surface area contributed by atoms with Gasteiger partial charge in [0.2, 0.25) is 0 Å². The Bertz CT molecular complexity index is 332. The molecule has 3 heteroatoms. The van der Waals surface area contributed by atoms with E-state index in [-0.39, 0.29) is 0 Å². The Morgan fingerprint density at radius 1 is 1.47 bits per heavy atom. The standard InChI is InChI=1S/C12H18N2S/c13-11-4-3-9(7-12(11)15)6-10-2-1-5-14-8-10/h3-4,7,10,14-15H,1-2,5-6,8,13H2. The van der Waals surface area contributed by atoms with Crippen LogP contribution in [0.5, 0.6) is 0 Å². The van der Waals surface area contributed by atoms with Gasteiger partial charge in [-0.15, -0.1) is 12.6 Å². The first-order valence-corrected chi connectivity index (χ1v) is 5.98. The van der Waals surface area contributed by atoms with Gasteiger partial charge in [-0.2, -0.15) is 0 Å². The van der Waals surface area contributed by atoms with E-state index in [2.05, 4.69) is 30.1 Å². The van der Waals surface area contributed by atoms with Crippen molar-refractivity contribution in [2.45, 2.75) is 24.2 Å². The van der Waals surface area contributed by atoms with Gasteiger partial charge in [-0.1, -0.05) is 6.07 Å². The van der Waals surface area contributed by atoms with Gasteiger partial charge in [-0.05, 0) is 56.0 Å². The maximum Gasteiger partial charge on any atom is 0.0449 e. The van der Waals surface area contributed by atoms with Gasteiger partial charge in [0.25, 0.3) is 0 Å². The zero-order valence-corrected chi connectivity index (χ0v) is 9.76. The maximum absolute atomic E-state index is 5.73. The van der Waals surface area contributed by atoms with Gasteiger partial charge in [-0.25, -0.2) is 0 Å². The van der Waals surface area contributed by atoms with Crippen LogP contribution in [-0.2, 0) is 6.42 Å². The quantitative estimate of drug-likeness (QED) is 0.529. The smallest absolute Gasteiger partial charge is 0.0449 e. The number of thiol groups is 1. The van der Waals surface area contributed by atoms with Crippen molar-refractivity contribution >= 4 is 18.3 Å². The van der Waals surface area contributed by atoms with Crippen LogP contribution in [0.15, 0.2) is 23.1 Å². The average molecular weight is 222 g/mol. The summed E-state index contributed by atoms with van der Waals surface area (Å²) in [5.74, 6) is 0.773. The molecule has 0 bridgehead atoms. The maximum atomic E-state index is 5.73. The monoisotopic (exact) mass is 222 g/mol. The summed E-state index contributed by atoms with van der Waals surface area (Å²) in [6.45, 7) is 2.32. The lowest BCUT2D eigenvalue weighted by Crippen LogP contribution is -2.30. The van der Waals surface area contributed by atoms with Gasteiger partial charge < -0.3 is 11.1 Å². The minimum absolute atomic E-state index is 0.767. The highest BCUT2D eigenvalue weighted by atomic mass is 32.1. The van der Waals surface area contributed by atoms with Crippen molar-refractivity contribution in [2.24, 2.45) is 5.92 Å². The summed E-state index contributed by atoms with van der Waals surface area (Å²) in [4.78, 5) is 0.899. The van der Waals surface area contributed by atoms with E-state index in [1.54, 1.807) is 0 Å². The molecule has 1 aromatic carbocycles. The Morgan fingerprint density at radius 2 is 2.33 bits per heavy atom. The van der Waals surface area contributed by atoms with Crippen LogP contribution in [0.2, 0.25) is 0 Å². The number of piperidine rings is 1. The van der Waals surface area contributed by atoms with E-state index in [0.29, 0.717) is 0 Å². The first kappa shape index (κ1) is 10.8. The van der Waals surface area contributed by atoms with E-state index in [0.717, 1.165) is 29.5 Å². The van der Waals surface area contributed by atoms with Crippen molar-refractivity contribution < 1.29 is 0 Å². The zero-order valence-electron chi connectivity index (χ0n) is 8.87. The molecule has 1 aromatic rings. The summed E-state index contributed by atoms with van der Waals surface area (Å²) in [5, 5.41) is 3.44. The van der Waals surface area contributed by atoms with E-state index in [4.69, 9.17) is 5.73 Å². The predicted molar refractivity (Wildman–Crippen MR) is 67.4 cm³/mol. The minimum Gasteiger partial charge on any atom is -0.398 e. The summed E-state index contributed by atoms with van der Waals surface area (Å²) in [6, 6.07) is 6.16. The molecule has 1 aliphatic rings. The summed E-state index contributed by atoms with van der Waals surface area (Å²) >= 11 is 4.34. The third-order valence-electron chi connectivity index (χ3n) is 3.02. The molecule has 1 fully saturated rings. The van der Waals surface area contributed by atoms with Crippen molar-refractivity contribution in [3.63, 3.8) is 0 Å². The first-order chi connectivity index (χ1) is 7.25. The molecule has 1 atom stereocenters. The van der Waals surface area contributed by atoms with Gasteiger partial charge in [0.15, 0.2) is 0 Å². The van der Waals surface area contributed by atoms with Gasteiger partial charge in [0, 0.05) is 10.6 Å². The lowest BCUT2D eigenvalue weighted by atomic mass is 9.92. The first-order valence-electron chi connectivity index (χ1n) is 5.54. The molecule has 15 heavy (non-hydrogen) atoms. The molecule has 0 amide bonds. The van der Waals surface area contributed by atoms with E-state index >= 15 is 0 Å². The molecular formula is C12H18N2S. The number of rotatable bonds is 2. The van der Waals surface area contributed by atoms with E-state index in [9.17, 15) is 0 Å². The van der Waals surface area contributed by atoms with Gasteiger partial charge >= 0.3 is 0 Å². The number of hydrogen-bond donors (Lipinski definition) is 3. The van der Waals surface area contributed by atoms with E-state index in [1.165, 1.54) is 24.9 Å². The van der Waals surface area contributed by atoms with Crippen LogP contribution < -0.4 is 11.1 Å². The highest BCUT2D eigenvalue weighted by molar-refractivity contribution is 7.80. The molecular weight excluding hydrogens is 204 g/mol. The number of nitrogens with two attached hydrogens (primary N) is 1. The third kappa shape index (κ3) is 2.89. The second-order valence-electron chi connectivity index (χ2n) is 4.31. The van der Waals surface area contributed by atoms with E-state index < -0.39 is 0 Å². The predicted octanol–water partition coefficient (Wildman–Crippen LogP) is 2.10. The second-order valence-corrected chi connectivity index (χ2v) is 4.79. The molecule has 2 rings (SSSR count). The van der Waals surface area contributed by atoms with Crippen molar-refractivity contribution in [3.05, 3.63) is 23.8 Å². The van der Waals surface area contributed by atoms with Crippen LogP contribution in [0, 0.1) is 5.92 Å². The van der Waals surface area contributed by atoms with Crippen LogP contribution in [-0.4, -0.2) is 13.1 Å². The average Bonchev–Trinajstić information content (AvgIpc) is 2.25. The Labute approximate surface area is 96.7 Å². The molecule has 0 spiro atoms. The molecule has 1 saturated heterocycles. The molecule has 3 N–H and O–H groups in total. The largest absolute Gasteiger partial charge is 0.398 e. The fourth-order valence-corrected chi connectivity index (χ4v) is 2.39. The van der Waals surface area contributed by atoms with E-state index in [1.807, 2.05) is 6.07 Å². The van der Waals surface area contributed by atoms with Gasteiger partial charge in [-0.3, -0.25) is 0 Å². The highest BCUT2D eigenvalue weighted by Crippen LogP contribution is 2.22. The van der Waals surface area contributed by atoms with Crippen molar-refractivity contribution in [1.82, 2.24) is 5.32 Å². The summed E-state index contributed by atoms with van der Waals surface area (Å²) in [6.07, 6.45) is 3.77. The van der Waals surface area contributed by atoms with Crippen LogP contribution >= 0.6 is 12.6 Å². The number of nitrogens with one attached hydrogen (secondary N) is 1. The summed E-state index contributed by atoms with van der Waals surface area (Å²) in [5.41, 5.74) is 7.85. The topological polar surface area (TPSA) is 38.0 Å². The molecule has 1 unspecified atom stereocenters. The lowest BCUT2D eigenvalue weighted by Gasteiger charge is -2.22. The van der Waals surface area contributed by atoms with Crippen LogP contribution in [0.4, 0.5) is 5.69 Å². The number of anilines is 1. The third-order valence-corrected chi connectivity index (χ3v) is 3.41. The Balaban J connectivity index is 2.00. The van der Waals surface area contributed by atoms with Crippen LogP contribution in [0.25, 0.3) is 0 Å². The molecule has 1 heterocycles. The number of nitrogen functional groups attached to an aromatic ring is 1. The molecule has 82 valence electrons. The SMILES string of the molecule is Nc1ccc(CC2CCCNC2)cc1S. The zero-order chi connectivity index (χ0) is 10.7. The molecule has 0 aliphatic carbocycles. The van der Waals surface area contributed by atoms with Crippen LogP contribution in [0.1, 0.15) is 18.4 Å². The van der Waals surface area contributed by atoms with Crippen molar-refractivity contribution in [1.29, 1.82) is 0 Å². The molecule has 2 nitrogen and oxygen atoms in total.